The molecule has 0 spiro atoms. The lowest BCUT2D eigenvalue weighted by Gasteiger charge is -2.32. The number of fused-ring (bicyclic) bond motifs is 1. The molecule has 0 fully saturated rings. The second kappa shape index (κ2) is 6.91. The molecule has 0 aromatic heterocycles. The molecule has 0 unspecified atom stereocenters. The Labute approximate surface area is 142 Å². The van der Waals surface area contributed by atoms with Crippen LogP contribution >= 0.6 is 0 Å². The Bertz CT molecular complexity index is 730. The second-order valence-electron chi connectivity index (χ2n) is 5.69. The van der Waals surface area contributed by atoms with Crippen molar-refractivity contribution in [2.45, 2.75) is 13.0 Å². The minimum absolute atomic E-state index is 0.764. The number of hydrogen-bond acceptors (Lipinski definition) is 5. The summed E-state index contributed by atoms with van der Waals surface area (Å²) in [5.41, 5.74) is 3.62. The third-order valence-electron chi connectivity index (χ3n) is 4.45. The van der Waals surface area contributed by atoms with E-state index in [9.17, 15) is 0 Å². The van der Waals surface area contributed by atoms with Gasteiger partial charge < -0.3 is 23.8 Å². The van der Waals surface area contributed by atoms with E-state index in [0.29, 0.717) is 0 Å². The van der Waals surface area contributed by atoms with Gasteiger partial charge in [-0.3, -0.25) is 0 Å². The van der Waals surface area contributed by atoms with Gasteiger partial charge in [0.2, 0.25) is 0 Å². The van der Waals surface area contributed by atoms with Crippen molar-refractivity contribution in [2.75, 3.05) is 39.9 Å². The van der Waals surface area contributed by atoms with E-state index in [-0.39, 0.29) is 0 Å². The SMILES string of the molecule is COc1ccc(N2CCc3cc(OC)c(OC)cc3C2)c(OC)c1. The number of methoxy groups -OCH3 is 4. The molecule has 1 aliphatic heterocycles. The molecule has 0 aliphatic carbocycles. The number of benzene rings is 2. The largest absolute Gasteiger partial charge is 0.497 e. The van der Waals surface area contributed by atoms with Gasteiger partial charge in [0.15, 0.2) is 11.5 Å². The molecule has 1 heterocycles. The highest BCUT2D eigenvalue weighted by Crippen LogP contribution is 2.38. The van der Waals surface area contributed by atoms with Gasteiger partial charge in [0.1, 0.15) is 11.5 Å². The smallest absolute Gasteiger partial charge is 0.161 e. The summed E-state index contributed by atoms with van der Waals surface area (Å²) in [7, 11) is 6.67. The van der Waals surface area contributed by atoms with Crippen molar-refractivity contribution < 1.29 is 18.9 Å². The Kier molecular flexibility index (Phi) is 4.69. The predicted molar refractivity (Wildman–Crippen MR) is 93.8 cm³/mol. The van der Waals surface area contributed by atoms with Crippen LogP contribution in [0.15, 0.2) is 30.3 Å². The maximum atomic E-state index is 5.54. The number of rotatable bonds is 5. The lowest BCUT2D eigenvalue weighted by Crippen LogP contribution is -2.30. The predicted octanol–water partition coefficient (Wildman–Crippen LogP) is 3.28. The van der Waals surface area contributed by atoms with Crippen molar-refractivity contribution in [3.05, 3.63) is 41.5 Å². The van der Waals surface area contributed by atoms with Gasteiger partial charge >= 0.3 is 0 Å². The molecular weight excluding hydrogens is 306 g/mol. The molecule has 0 saturated heterocycles. The molecule has 5 nitrogen and oxygen atoms in total. The summed E-state index contributed by atoms with van der Waals surface area (Å²) in [6.45, 7) is 1.73. The van der Waals surface area contributed by atoms with Crippen LogP contribution in [-0.2, 0) is 13.0 Å². The topological polar surface area (TPSA) is 40.2 Å². The highest BCUT2D eigenvalue weighted by molar-refractivity contribution is 5.63. The normalized spacial score (nSPS) is 13.2. The van der Waals surface area contributed by atoms with Crippen LogP contribution in [0.1, 0.15) is 11.1 Å². The van der Waals surface area contributed by atoms with E-state index in [0.717, 1.165) is 48.2 Å². The van der Waals surface area contributed by atoms with E-state index in [1.165, 1.54) is 11.1 Å². The lowest BCUT2D eigenvalue weighted by atomic mass is 9.98. The van der Waals surface area contributed by atoms with E-state index in [2.05, 4.69) is 17.0 Å². The third kappa shape index (κ3) is 2.94. The summed E-state index contributed by atoms with van der Waals surface area (Å²) in [6.07, 6.45) is 0.949. The van der Waals surface area contributed by atoms with Gasteiger partial charge in [-0.05, 0) is 41.8 Å². The van der Waals surface area contributed by atoms with Crippen LogP contribution in [0, 0.1) is 0 Å². The van der Waals surface area contributed by atoms with Crippen LogP contribution in [0.3, 0.4) is 0 Å². The first-order valence-corrected chi connectivity index (χ1v) is 7.91. The number of ether oxygens (including phenoxy) is 4. The van der Waals surface area contributed by atoms with Crippen LogP contribution in [0.2, 0.25) is 0 Å². The molecule has 0 N–H and O–H groups in total. The molecule has 24 heavy (non-hydrogen) atoms. The Hall–Kier alpha value is -2.56. The van der Waals surface area contributed by atoms with Crippen molar-refractivity contribution in [2.24, 2.45) is 0 Å². The first-order chi connectivity index (χ1) is 11.7. The van der Waals surface area contributed by atoms with E-state index in [1.807, 2.05) is 18.2 Å². The standard InChI is InChI=1S/C19H23NO4/c1-21-15-5-6-16(17(11-15)22-2)20-8-7-13-9-18(23-3)19(24-4)10-14(13)12-20/h5-6,9-11H,7-8,12H2,1-4H3. The molecule has 0 amide bonds. The average Bonchev–Trinajstić information content (AvgIpc) is 2.65. The molecular formula is C19H23NO4. The Morgan fingerprint density at radius 1 is 0.750 bits per heavy atom. The molecule has 128 valence electrons. The Morgan fingerprint density at radius 3 is 2.04 bits per heavy atom. The van der Waals surface area contributed by atoms with Gasteiger partial charge in [-0.25, -0.2) is 0 Å². The number of nitrogens with zero attached hydrogens (tertiary/aromatic N) is 1. The molecule has 0 saturated carbocycles. The summed E-state index contributed by atoms with van der Waals surface area (Å²) in [5, 5.41) is 0. The highest BCUT2D eigenvalue weighted by atomic mass is 16.5. The van der Waals surface area contributed by atoms with Crippen LogP contribution in [0.5, 0.6) is 23.0 Å². The monoisotopic (exact) mass is 329 g/mol. The van der Waals surface area contributed by atoms with Crippen molar-refractivity contribution >= 4 is 5.69 Å². The number of anilines is 1. The van der Waals surface area contributed by atoms with Gasteiger partial charge in [0, 0.05) is 19.2 Å². The van der Waals surface area contributed by atoms with E-state index < -0.39 is 0 Å². The highest BCUT2D eigenvalue weighted by Gasteiger charge is 2.22. The van der Waals surface area contributed by atoms with Crippen LogP contribution in [0.4, 0.5) is 5.69 Å². The van der Waals surface area contributed by atoms with E-state index in [1.54, 1.807) is 28.4 Å². The zero-order valence-electron chi connectivity index (χ0n) is 14.6. The van der Waals surface area contributed by atoms with Crippen LogP contribution < -0.4 is 23.8 Å². The average molecular weight is 329 g/mol. The summed E-state index contributed by atoms with van der Waals surface area (Å²) in [4.78, 5) is 2.31. The first-order valence-electron chi connectivity index (χ1n) is 7.91. The molecule has 5 heteroatoms. The molecule has 0 bridgehead atoms. The molecule has 2 aromatic rings. The Balaban J connectivity index is 1.92. The summed E-state index contributed by atoms with van der Waals surface area (Å²) in [6, 6.07) is 10.1. The quantitative estimate of drug-likeness (QED) is 0.842. The van der Waals surface area contributed by atoms with Crippen molar-refractivity contribution in [1.29, 1.82) is 0 Å². The molecule has 0 radical (unpaired) electrons. The fraction of sp³-hybridized carbons (Fsp3) is 0.368. The van der Waals surface area contributed by atoms with Gasteiger partial charge in [0.25, 0.3) is 0 Å². The van der Waals surface area contributed by atoms with Crippen LogP contribution in [0.25, 0.3) is 0 Å². The van der Waals surface area contributed by atoms with Crippen molar-refractivity contribution in [1.82, 2.24) is 0 Å². The molecule has 2 aromatic carbocycles. The minimum Gasteiger partial charge on any atom is -0.497 e. The molecule has 0 atom stereocenters. The van der Waals surface area contributed by atoms with Crippen LogP contribution in [-0.4, -0.2) is 35.0 Å². The molecule has 3 rings (SSSR count). The van der Waals surface area contributed by atoms with Gasteiger partial charge in [-0.15, -0.1) is 0 Å². The zero-order valence-corrected chi connectivity index (χ0v) is 14.6. The minimum atomic E-state index is 0.764. The third-order valence-corrected chi connectivity index (χ3v) is 4.45. The van der Waals surface area contributed by atoms with E-state index in [4.69, 9.17) is 18.9 Å². The summed E-state index contributed by atoms with van der Waals surface area (Å²) >= 11 is 0. The van der Waals surface area contributed by atoms with Crippen molar-refractivity contribution in [3.8, 4) is 23.0 Å². The fourth-order valence-corrected chi connectivity index (χ4v) is 3.13. The van der Waals surface area contributed by atoms with Gasteiger partial charge in [0.05, 0.1) is 34.1 Å². The second-order valence-corrected chi connectivity index (χ2v) is 5.69. The summed E-state index contributed by atoms with van der Waals surface area (Å²) < 4.78 is 21.7. The summed E-state index contributed by atoms with van der Waals surface area (Å²) in [5.74, 6) is 3.16. The maximum absolute atomic E-state index is 5.54. The van der Waals surface area contributed by atoms with Gasteiger partial charge in [-0.2, -0.15) is 0 Å². The Morgan fingerprint density at radius 2 is 1.42 bits per heavy atom. The molecule has 1 aliphatic rings. The lowest BCUT2D eigenvalue weighted by molar-refractivity contribution is 0.353. The number of hydrogen-bond donors (Lipinski definition) is 0. The van der Waals surface area contributed by atoms with Crippen molar-refractivity contribution in [3.63, 3.8) is 0 Å². The maximum Gasteiger partial charge on any atom is 0.161 e. The fourth-order valence-electron chi connectivity index (χ4n) is 3.13. The first kappa shape index (κ1) is 16.3. The zero-order chi connectivity index (χ0) is 17.1. The van der Waals surface area contributed by atoms with E-state index >= 15 is 0 Å². The van der Waals surface area contributed by atoms with Gasteiger partial charge in [-0.1, -0.05) is 0 Å².